The third-order valence-electron chi connectivity index (χ3n) is 2.70. The van der Waals surface area contributed by atoms with E-state index in [1.54, 1.807) is 42.5 Å². The van der Waals surface area contributed by atoms with Crippen molar-refractivity contribution in [2.45, 2.75) is 15.6 Å². The maximum Gasteiger partial charge on any atom is 0.216 e. The molecule has 0 saturated carbocycles. The number of rotatable bonds is 5. The van der Waals surface area contributed by atoms with Crippen LogP contribution in [0.3, 0.4) is 0 Å². The van der Waals surface area contributed by atoms with Gasteiger partial charge >= 0.3 is 0 Å². The molecule has 1 unspecified atom stereocenters. The number of alkyl halides is 3. The van der Waals surface area contributed by atoms with Crippen molar-refractivity contribution >= 4 is 67.8 Å². The fourth-order valence-electron chi connectivity index (χ4n) is 1.78. The van der Waals surface area contributed by atoms with E-state index in [1.807, 2.05) is 0 Å². The second kappa shape index (κ2) is 7.26. The van der Waals surface area contributed by atoms with E-state index >= 15 is 0 Å². The highest BCUT2D eigenvalue weighted by Gasteiger charge is 2.38. The van der Waals surface area contributed by atoms with Gasteiger partial charge in [-0.15, -0.1) is 11.3 Å². The molecule has 0 aliphatic rings. The van der Waals surface area contributed by atoms with Crippen molar-refractivity contribution in [3.05, 3.63) is 57.2 Å². The zero-order valence-electron chi connectivity index (χ0n) is 11.0. The molecule has 1 heterocycles. The monoisotopic (exact) mass is 417 g/mol. The Morgan fingerprint density at radius 3 is 2.23 bits per heavy atom. The normalized spacial score (nSPS) is 14.0. The van der Waals surface area contributed by atoms with Crippen LogP contribution in [0, 0.1) is 0 Å². The van der Waals surface area contributed by atoms with Gasteiger partial charge in [-0.25, -0.2) is 13.1 Å². The second-order valence-electron chi connectivity index (χ2n) is 4.48. The number of nitrogens with one attached hydrogen (secondary N) is 1. The van der Waals surface area contributed by atoms with Crippen molar-refractivity contribution in [3.63, 3.8) is 0 Å². The average Bonchev–Trinajstić information content (AvgIpc) is 2.82. The standard InChI is InChI=1S/C13H11Cl4NO2S2/c14-11-7-6-10(21-11)12(13(15,16)17)18-22(19,20)8-9-4-2-1-3-5-9/h1-7,12,18H,8H2. The van der Waals surface area contributed by atoms with Crippen LogP contribution in [0.4, 0.5) is 0 Å². The van der Waals surface area contributed by atoms with Crippen LogP contribution in [-0.2, 0) is 15.8 Å². The van der Waals surface area contributed by atoms with Crippen LogP contribution in [0.15, 0.2) is 42.5 Å². The van der Waals surface area contributed by atoms with Gasteiger partial charge in [0.05, 0.1) is 10.1 Å². The molecular formula is C13H11Cl4NO2S2. The lowest BCUT2D eigenvalue weighted by atomic mass is 10.2. The Kier molecular flexibility index (Phi) is 6.05. The van der Waals surface area contributed by atoms with Gasteiger partial charge in [-0.2, -0.15) is 0 Å². The Labute approximate surface area is 153 Å². The first-order valence-electron chi connectivity index (χ1n) is 6.03. The first-order chi connectivity index (χ1) is 10.2. The van der Waals surface area contributed by atoms with Crippen molar-refractivity contribution in [1.82, 2.24) is 4.72 Å². The smallest absolute Gasteiger partial charge is 0.212 e. The molecular weight excluding hydrogens is 408 g/mol. The van der Waals surface area contributed by atoms with Crippen LogP contribution in [0.1, 0.15) is 16.5 Å². The van der Waals surface area contributed by atoms with E-state index in [2.05, 4.69) is 4.72 Å². The number of halogens is 4. The Morgan fingerprint density at radius 1 is 1.09 bits per heavy atom. The van der Waals surface area contributed by atoms with E-state index in [1.165, 1.54) is 0 Å². The van der Waals surface area contributed by atoms with Gasteiger partial charge in [-0.1, -0.05) is 76.7 Å². The number of benzene rings is 1. The fourth-order valence-corrected chi connectivity index (χ4v) is 5.32. The predicted octanol–water partition coefficient (Wildman–Crippen LogP) is 4.93. The quantitative estimate of drug-likeness (QED) is 0.699. The maximum absolute atomic E-state index is 12.3. The molecule has 0 amide bonds. The lowest BCUT2D eigenvalue weighted by Crippen LogP contribution is -2.36. The zero-order chi connectivity index (χ0) is 16.4. The van der Waals surface area contributed by atoms with Gasteiger partial charge in [-0.05, 0) is 17.7 Å². The van der Waals surface area contributed by atoms with Gasteiger partial charge in [0.1, 0.15) is 6.04 Å². The lowest BCUT2D eigenvalue weighted by Gasteiger charge is -2.24. The summed E-state index contributed by atoms with van der Waals surface area (Å²) in [7, 11) is -3.70. The predicted molar refractivity (Wildman–Crippen MR) is 94.6 cm³/mol. The average molecular weight is 419 g/mol. The molecule has 9 heteroatoms. The highest BCUT2D eigenvalue weighted by atomic mass is 35.6. The van der Waals surface area contributed by atoms with Crippen molar-refractivity contribution < 1.29 is 8.42 Å². The summed E-state index contributed by atoms with van der Waals surface area (Å²) >= 11 is 24.8. The summed E-state index contributed by atoms with van der Waals surface area (Å²) in [5.41, 5.74) is 0.641. The Balaban J connectivity index is 2.23. The second-order valence-corrected chi connectivity index (χ2v) is 10.3. The van der Waals surface area contributed by atoms with Gasteiger partial charge in [0.25, 0.3) is 0 Å². The largest absolute Gasteiger partial charge is 0.216 e. The Morgan fingerprint density at radius 2 is 1.73 bits per heavy atom. The molecule has 1 N–H and O–H groups in total. The first kappa shape index (κ1) is 18.3. The van der Waals surface area contributed by atoms with Crippen molar-refractivity contribution in [2.75, 3.05) is 0 Å². The van der Waals surface area contributed by atoms with Gasteiger partial charge in [0, 0.05) is 4.88 Å². The summed E-state index contributed by atoms with van der Waals surface area (Å²) in [5, 5.41) is 0. The topological polar surface area (TPSA) is 46.2 Å². The lowest BCUT2D eigenvalue weighted by molar-refractivity contribution is 0.560. The van der Waals surface area contributed by atoms with E-state index in [4.69, 9.17) is 46.4 Å². The number of hydrogen-bond acceptors (Lipinski definition) is 3. The van der Waals surface area contributed by atoms with Gasteiger partial charge in [-0.3, -0.25) is 0 Å². The summed E-state index contributed by atoms with van der Waals surface area (Å²) in [6.45, 7) is 0. The van der Waals surface area contributed by atoms with E-state index in [0.717, 1.165) is 11.3 Å². The highest BCUT2D eigenvalue weighted by Crippen LogP contribution is 2.43. The molecule has 0 fully saturated rings. The molecule has 0 radical (unpaired) electrons. The van der Waals surface area contributed by atoms with Crippen molar-refractivity contribution in [1.29, 1.82) is 0 Å². The van der Waals surface area contributed by atoms with Gasteiger partial charge in [0.15, 0.2) is 0 Å². The minimum absolute atomic E-state index is 0.204. The maximum atomic E-state index is 12.3. The molecule has 1 atom stereocenters. The SMILES string of the molecule is O=S(=O)(Cc1ccccc1)NC(c1ccc(Cl)s1)C(Cl)(Cl)Cl. The summed E-state index contributed by atoms with van der Waals surface area (Å²) < 4.78 is 25.7. The van der Waals surface area contributed by atoms with Crippen LogP contribution in [0.25, 0.3) is 0 Å². The molecule has 2 aromatic rings. The third kappa shape index (κ3) is 5.27. The van der Waals surface area contributed by atoms with Crippen LogP contribution in [-0.4, -0.2) is 12.2 Å². The van der Waals surface area contributed by atoms with Crippen LogP contribution < -0.4 is 4.72 Å². The molecule has 0 saturated heterocycles. The minimum Gasteiger partial charge on any atom is -0.212 e. The molecule has 2 rings (SSSR count). The summed E-state index contributed by atoms with van der Waals surface area (Å²) in [6, 6.07) is 11.0. The van der Waals surface area contributed by atoms with Crippen LogP contribution in [0.5, 0.6) is 0 Å². The summed E-state index contributed by atoms with van der Waals surface area (Å²) in [5.74, 6) is -0.204. The minimum atomic E-state index is -3.70. The third-order valence-corrected chi connectivity index (χ3v) is 5.96. The molecule has 0 aliphatic heterocycles. The van der Waals surface area contributed by atoms with E-state index in [9.17, 15) is 8.42 Å². The molecule has 0 spiro atoms. The van der Waals surface area contributed by atoms with Crippen molar-refractivity contribution in [2.24, 2.45) is 0 Å². The molecule has 1 aromatic carbocycles. The van der Waals surface area contributed by atoms with Gasteiger partial charge in [0.2, 0.25) is 13.8 Å². The van der Waals surface area contributed by atoms with E-state index < -0.39 is 19.9 Å². The van der Waals surface area contributed by atoms with Crippen LogP contribution in [0.2, 0.25) is 4.34 Å². The first-order valence-corrected chi connectivity index (χ1v) is 10.0. The highest BCUT2D eigenvalue weighted by molar-refractivity contribution is 7.88. The number of hydrogen-bond donors (Lipinski definition) is 1. The zero-order valence-corrected chi connectivity index (χ0v) is 15.6. The molecule has 120 valence electrons. The van der Waals surface area contributed by atoms with Crippen molar-refractivity contribution in [3.8, 4) is 0 Å². The Bertz CT molecular complexity index is 726. The molecule has 0 bridgehead atoms. The Hall–Kier alpha value is -0.01000. The fraction of sp³-hybridized carbons (Fsp3) is 0.231. The number of sulfonamides is 1. The number of thiophene rings is 1. The molecule has 22 heavy (non-hydrogen) atoms. The van der Waals surface area contributed by atoms with E-state index in [0.29, 0.717) is 14.8 Å². The molecule has 3 nitrogen and oxygen atoms in total. The van der Waals surface area contributed by atoms with Gasteiger partial charge < -0.3 is 0 Å². The molecule has 0 aliphatic carbocycles. The summed E-state index contributed by atoms with van der Waals surface area (Å²) in [4.78, 5) is 0.529. The summed E-state index contributed by atoms with van der Waals surface area (Å²) in [6.07, 6.45) is 0. The van der Waals surface area contributed by atoms with E-state index in [-0.39, 0.29) is 5.75 Å². The molecule has 1 aromatic heterocycles. The van der Waals surface area contributed by atoms with Crippen LogP contribution >= 0.6 is 57.7 Å².